The quantitative estimate of drug-likeness (QED) is 0.798. The van der Waals surface area contributed by atoms with Crippen molar-refractivity contribution < 1.29 is 13.2 Å². The van der Waals surface area contributed by atoms with Gasteiger partial charge in [-0.2, -0.15) is 13.1 Å². The Morgan fingerprint density at radius 3 is 2.22 bits per heavy atom. The molecule has 2 rings (SSSR count). The lowest BCUT2D eigenvalue weighted by molar-refractivity contribution is 0.306. The second kappa shape index (κ2) is 7.68. The van der Waals surface area contributed by atoms with Crippen LogP contribution in [0.1, 0.15) is 19.4 Å². The van der Waals surface area contributed by atoms with Gasteiger partial charge in [0.1, 0.15) is 12.4 Å². The summed E-state index contributed by atoms with van der Waals surface area (Å²) in [6, 6.07) is 13.9. The largest absolute Gasteiger partial charge is 0.489 e. The molecular formula is C16H19ClN2O3S. The number of rotatable bonds is 7. The van der Waals surface area contributed by atoms with E-state index in [0.717, 1.165) is 5.56 Å². The van der Waals surface area contributed by atoms with E-state index in [1.165, 1.54) is 0 Å². The fraction of sp³-hybridized carbons (Fsp3) is 0.250. The summed E-state index contributed by atoms with van der Waals surface area (Å²) in [6.45, 7) is 3.93. The number of benzene rings is 2. The van der Waals surface area contributed by atoms with Gasteiger partial charge in [-0.15, -0.1) is 0 Å². The van der Waals surface area contributed by atoms with Crippen molar-refractivity contribution in [3.05, 3.63) is 59.1 Å². The summed E-state index contributed by atoms with van der Waals surface area (Å²) in [5.41, 5.74) is 1.47. The lowest BCUT2D eigenvalue weighted by atomic mass is 10.2. The third-order valence-electron chi connectivity index (χ3n) is 2.82. The van der Waals surface area contributed by atoms with E-state index < -0.39 is 10.2 Å². The van der Waals surface area contributed by atoms with Gasteiger partial charge in [-0.1, -0.05) is 23.7 Å². The highest BCUT2D eigenvalue weighted by atomic mass is 35.5. The van der Waals surface area contributed by atoms with Crippen LogP contribution in [0.15, 0.2) is 48.5 Å². The minimum absolute atomic E-state index is 0.172. The highest BCUT2D eigenvalue weighted by Crippen LogP contribution is 2.18. The Morgan fingerprint density at radius 1 is 1.04 bits per heavy atom. The molecule has 2 aromatic rings. The van der Waals surface area contributed by atoms with Crippen LogP contribution in [0.5, 0.6) is 5.75 Å². The smallest absolute Gasteiger partial charge is 0.299 e. The first-order valence-corrected chi connectivity index (χ1v) is 8.97. The van der Waals surface area contributed by atoms with Crippen LogP contribution in [-0.2, 0) is 16.8 Å². The van der Waals surface area contributed by atoms with E-state index in [2.05, 4.69) is 9.44 Å². The van der Waals surface area contributed by atoms with Crippen molar-refractivity contribution in [1.82, 2.24) is 4.72 Å². The van der Waals surface area contributed by atoms with Crippen LogP contribution >= 0.6 is 11.6 Å². The van der Waals surface area contributed by atoms with Gasteiger partial charge in [-0.25, -0.2) is 0 Å². The summed E-state index contributed by atoms with van der Waals surface area (Å²) < 4.78 is 34.1. The van der Waals surface area contributed by atoms with Crippen molar-refractivity contribution in [2.24, 2.45) is 0 Å². The molecule has 0 fully saturated rings. The molecule has 2 aromatic carbocycles. The van der Waals surface area contributed by atoms with Crippen molar-refractivity contribution in [3.63, 3.8) is 0 Å². The van der Waals surface area contributed by atoms with Crippen molar-refractivity contribution in [3.8, 4) is 5.75 Å². The topological polar surface area (TPSA) is 67.4 Å². The van der Waals surface area contributed by atoms with Gasteiger partial charge in [0, 0.05) is 11.1 Å². The van der Waals surface area contributed by atoms with Crippen LogP contribution in [0.2, 0.25) is 5.02 Å². The normalized spacial score (nSPS) is 11.5. The predicted octanol–water partition coefficient (Wildman–Crippen LogP) is 3.57. The summed E-state index contributed by atoms with van der Waals surface area (Å²) in [5, 5.41) is 0.681. The van der Waals surface area contributed by atoms with Crippen molar-refractivity contribution in [1.29, 1.82) is 0 Å². The van der Waals surface area contributed by atoms with Crippen molar-refractivity contribution in [2.75, 3.05) is 4.72 Å². The van der Waals surface area contributed by atoms with E-state index in [-0.39, 0.29) is 6.04 Å². The molecule has 2 N–H and O–H groups in total. The SMILES string of the molecule is CC(C)NS(=O)(=O)Nc1ccc(OCc2ccc(Cl)cc2)cc1. The van der Waals surface area contributed by atoms with E-state index in [1.54, 1.807) is 50.2 Å². The molecule has 124 valence electrons. The summed E-state index contributed by atoms with van der Waals surface area (Å²) in [5.74, 6) is 0.653. The maximum absolute atomic E-state index is 11.8. The van der Waals surface area contributed by atoms with Gasteiger partial charge in [-0.05, 0) is 55.8 Å². The second-order valence-electron chi connectivity index (χ2n) is 5.32. The van der Waals surface area contributed by atoms with Gasteiger partial charge in [0.05, 0.1) is 5.69 Å². The van der Waals surface area contributed by atoms with Crippen LogP contribution in [-0.4, -0.2) is 14.5 Å². The second-order valence-corrected chi connectivity index (χ2v) is 7.20. The standard InChI is InChI=1S/C16H19ClN2O3S/c1-12(2)18-23(20,21)19-15-7-9-16(10-8-15)22-11-13-3-5-14(17)6-4-13/h3-10,12,18-19H,11H2,1-2H3. The monoisotopic (exact) mass is 354 g/mol. The predicted molar refractivity (Wildman–Crippen MR) is 93.0 cm³/mol. The molecule has 0 aliphatic carbocycles. The van der Waals surface area contributed by atoms with Crippen LogP contribution in [0.4, 0.5) is 5.69 Å². The number of ether oxygens (including phenoxy) is 1. The molecule has 0 radical (unpaired) electrons. The van der Waals surface area contributed by atoms with Crippen molar-refractivity contribution in [2.45, 2.75) is 26.5 Å². The zero-order valence-electron chi connectivity index (χ0n) is 12.9. The maximum Gasteiger partial charge on any atom is 0.299 e. The molecule has 0 saturated heterocycles. The third-order valence-corrected chi connectivity index (χ3v) is 4.35. The molecule has 0 unspecified atom stereocenters. The summed E-state index contributed by atoms with van der Waals surface area (Å²) in [7, 11) is -3.56. The Kier molecular flexibility index (Phi) is 5.87. The molecular weight excluding hydrogens is 336 g/mol. The first-order chi connectivity index (χ1) is 10.8. The minimum atomic E-state index is -3.56. The molecule has 5 nitrogen and oxygen atoms in total. The van der Waals surface area contributed by atoms with Gasteiger partial charge in [-0.3, -0.25) is 4.72 Å². The van der Waals surface area contributed by atoms with Crippen LogP contribution in [0, 0.1) is 0 Å². The Labute approximate surface area is 141 Å². The third kappa shape index (κ3) is 6.09. The van der Waals surface area contributed by atoms with Crippen LogP contribution in [0.25, 0.3) is 0 Å². The Balaban J connectivity index is 1.93. The molecule has 0 heterocycles. The summed E-state index contributed by atoms with van der Waals surface area (Å²) >= 11 is 5.83. The van der Waals surface area contributed by atoms with Gasteiger partial charge in [0.25, 0.3) is 10.2 Å². The lowest BCUT2D eigenvalue weighted by Gasteiger charge is -2.12. The van der Waals surface area contributed by atoms with E-state index in [1.807, 2.05) is 12.1 Å². The van der Waals surface area contributed by atoms with E-state index >= 15 is 0 Å². The van der Waals surface area contributed by atoms with Crippen LogP contribution in [0.3, 0.4) is 0 Å². The number of halogens is 1. The average molecular weight is 355 g/mol. The zero-order valence-corrected chi connectivity index (χ0v) is 14.5. The maximum atomic E-state index is 11.8. The molecule has 0 aromatic heterocycles. The Morgan fingerprint density at radius 2 is 1.65 bits per heavy atom. The zero-order chi connectivity index (χ0) is 16.9. The number of hydrogen-bond acceptors (Lipinski definition) is 3. The molecule has 7 heteroatoms. The van der Waals surface area contributed by atoms with Gasteiger partial charge >= 0.3 is 0 Å². The molecule has 0 amide bonds. The first kappa shape index (κ1) is 17.6. The molecule has 0 bridgehead atoms. The molecule has 23 heavy (non-hydrogen) atoms. The highest BCUT2D eigenvalue weighted by molar-refractivity contribution is 7.90. The van der Waals surface area contributed by atoms with E-state index in [9.17, 15) is 8.42 Å². The average Bonchev–Trinajstić information content (AvgIpc) is 2.46. The molecule has 0 atom stereocenters. The number of anilines is 1. The van der Waals surface area contributed by atoms with Gasteiger partial charge in [0.2, 0.25) is 0 Å². The van der Waals surface area contributed by atoms with Crippen LogP contribution < -0.4 is 14.2 Å². The highest BCUT2D eigenvalue weighted by Gasteiger charge is 2.11. The first-order valence-electron chi connectivity index (χ1n) is 7.11. The molecule has 0 aliphatic rings. The fourth-order valence-corrected chi connectivity index (χ4v) is 3.11. The number of hydrogen-bond donors (Lipinski definition) is 2. The summed E-state index contributed by atoms with van der Waals surface area (Å²) in [6.07, 6.45) is 0. The Bertz CT molecular complexity index is 729. The van der Waals surface area contributed by atoms with Gasteiger partial charge < -0.3 is 4.74 Å². The molecule has 0 saturated carbocycles. The molecule has 0 spiro atoms. The van der Waals surface area contributed by atoms with E-state index in [4.69, 9.17) is 16.3 Å². The van der Waals surface area contributed by atoms with E-state index in [0.29, 0.717) is 23.1 Å². The number of nitrogens with one attached hydrogen (secondary N) is 2. The lowest BCUT2D eigenvalue weighted by Crippen LogP contribution is -2.35. The van der Waals surface area contributed by atoms with Gasteiger partial charge in [0.15, 0.2) is 0 Å². The fourth-order valence-electron chi connectivity index (χ4n) is 1.86. The minimum Gasteiger partial charge on any atom is -0.489 e. The Hall–Kier alpha value is -1.76. The van der Waals surface area contributed by atoms with Crippen molar-refractivity contribution >= 4 is 27.5 Å². The molecule has 0 aliphatic heterocycles. The summed E-state index contributed by atoms with van der Waals surface area (Å²) in [4.78, 5) is 0.